The lowest BCUT2D eigenvalue weighted by Gasteiger charge is -2.21. The van der Waals surface area contributed by atoms with Crippen LogP contribution in [0.4, 0.5) is 4.39 Å². The average molecular weight is 267 g/mol. The first-order valence-corrected chi connectivity index (χ1v) is 5.97. The van der Waals surface area contributed by atoms with Crippen LogP contribution in [0.5, 0.6) is 0 Å². The lowest BCUT2D eigenvalue weighted by Crippen LogP contribution is -2.38. The first-order valence-electron chi connectivity index (χ1n) is 5.97. The summed E-state index contributed by atoms with van der Waals surface area (Å²) in [5, 5.41) is 0. The zero-order valence-corrected chi connectivity index (χ0v) is 11.3. The lowest BCUT2D eigenvalue weighted by atomic mass is 10.0. The van der Waals surface area contributed by atoms with Gasteiger partial charge in [0.1, 0.15) is 17.5 Å². The van der Waals surface area contributed by atoms with Gasteiger partial charge in [-0.2, -0.15) is 0 Å². The third-order valence-corrected chi connectivity index (χ3v) is 2.29. The van der Waals surface area contributed by atoms with Gasteiger partial charge in [-0.1, -0.05) is 12.1 Å². The number of hydrogen-bond donors (Lipinski definition) is 1. The van der Waals surface area contributed by atoms with Crippen LogP contribution in [0.2, 0.25) is 0 Å². The van der Waals surface area contributed by atoms with Gasteiger partial charge in [-0.3, -0.25) is 9.59 Å². The van der Waals surface area contributed by atoms with E-state index < -0.39 is 29.2 Å². The summed E-state index contributed by atoms with van der Waals surface area (Å²) in [5.41, 5.74) is 4.86. The number of Topliss-reactive ketones (excluding diaryl/α,β-unsaturated/α-hetero) is 1. The molecule has 0 bridgehead atoms. The van der Waals surface area contributed by atoms with Crippen molar-refractivity contribution in [1.29, 1.82) is 0 Å². The highest BCUT2D eigenvalue weighted by molar-refractivity contribution is 5.99. The second-order valence-corrected chi connectivity index (χ2v) is 5.25. The second kappa shape index (κ2) is 5.93. The molecule has 0 saturated carbocycles. The standard InChI is InChI=1S/C14H18FNO3/c1-14(2,3)19-13(18)11(16)8-12(17)9-6-4-5-7-10(9)15/h4-7,11H,8,16H2,1-3H3. The number of carbonyl (C=O) groups is 2. The molecule has 0 aromatic heterocycles. The third-order valence-electron chi connectivity index (χ3n) is 2.29. The Hall–Kier alpha value is -1.75. The third kappa shape index (κ3) is 4.79. The minimum Gasteiger partial charge on any atom is -0.459 e. The number of nitrogens with two attached hydrogens (primary N) is 1. The molecule has 0 fully saturated rings. The normalized spacial score (nSPS) is 12.9. The number of halogens is 1. The molecule has 0 saturated heterocycles. The predicted octanol–water partition coefficient (Wildman–Crippen LogP) is 2.07. The van der Waals surface area contributed by atoms with Crippen molar-refractivity contribution in [2.45, 2.75) is 38.8 Å². The quantitative estimate of drug-likeness (QED) is 0.669. The molecule has 0 heterocycles. The Morgan fingerprint density at radius 2 is 1.89 bits per heavy atom. The van der Waals surface area contributed by atoms with Crippen LogP contribution in [-0.2, 0) is 9.53 Å². The Labute approximate surface area is 111 Å². The monoisotopic (exact) mass is 267 g/mol. The molecule has 0 spiro atoms. The number of carbonyl (C=O) groups excluding carboxylic acids is 2. The number of ether oxygens (including phenoxy) is 1. The molecule has 1 aromatic rings. The van der Waals surface area contributed by atoms with E-state index in [1.165, 1.54) is 18.2 Å². The molecule has 2 N–H and O–H groups in total. The number of esters is 1. The second-order valence-electron chi connectivity index (χ2n) is 5.25. The van der Waals surface area contributed by atoms with E-state index in [4.69, 9.17) is 10.5 Å². The summed E-state index contributed by atoms with van der Waals surface area (Å²) in [7, 11) is 0. The highest BCUT2D eigenvalue weighted by atomic mass is 19.1. The van der Waals surface area contributed by atoms with E-state index in [0.29, 0.717) is 0 Å². The fourth-order valence-corrected chi connectivity index (χ4v) is 1.46. The van der Waals surface area contributed by atoms with E-state index in [1.807, 2.05) is 0 Å². The summed E-state index contributed by atoms with van der Waals surface area (Å²) in [6.45, 7) is 5.11. The van der Waals surface area contributed by atoms with E-state index >= 15 is 0 Å². The topological polar surface area (TPSA) is 69.4 Å². The maximum Gasteiger partial charge on any atom is 0.323 e. The van der Waals surface area contributed by atoms with Gasteiger partial charge in [0.25, 0.3) is 0 Å². The highest BCUT2D eigenvalue weighted by Gasteiger charge is 2.25. The molecule has 1 rings (SSSR count). The summed E-state index contributed by atoms with van der Waals surface area (Å²) < 4.78 is 18.4. The van der Waals surface area contributed by atoms with E-state index in [1.54, 1.807) is 26.8 Å². The molecule has 19 heavy (non-hydrogen) atoms. The van der Waals surface area contributed by atoms with Gasteiger partial charge in [0, 0.05) is 6.42 Å². The van der Waals surface area contributed by atoms with Crippen LogP contribution in [0, 0.1) is 5.82 Å². The molecule has 0 aliphatic carbocycles. The molecule has 1 unspecified atom stereocenters. The summed E-state index contributed by atoms with van der Waals surface area (Å²) in [5.74, 6) is -1.81. The molecule has 0 amide bonds. The first-order chi connectivity index (χ1) is 8.70. The van der Waals surface area contributed by atoms with Crippen LogP contribution < -0.4 is 5.73 Å². The van der Waals surface area contributed by atoms with Gasteiger partial charge < -0.3 is 10.5 Å². The maximum atomic E-state index is 13.4. The smallest absolute Gasteiger partial charge is 0.323 e. The van der Waals surface area contributed by atoms with Crippen molar-refractivity contribution < 1.29 is 18.7 Å². The Morgan fingerprint density at radius 1 is 1.32 bits per heavy atom. The van der Waals surface area contributed by atoms with Crippen molar-refractivity contribution >= 4 is 11.8 Å². The van der Waals surface area contributed by atoms with Crippen LogP contribution in [0.1, 0.15) is 37.6 Å². The summed E-state index contributed by atoms with van der Waals surface area (Å²) >= 11 is 0. The molecule has 4 nitrogen and oxygen atoms in total. The average Bonchev–Trinajstić information content (AvgIpc) is 2.27. The van der Waals surface area contributed by atoms with Gasteiger partial charge in [-0.25, -0.2) is 4.39 Å². The summed E-state index contributed by atoms with van der Waals surface area (Å²) in [6.07, 6.45) is -0.282. The SMILES string of the molecule is CC(C)(C)OC(=O)C(N)CC(=O)c1ccccc1F. The van der Waals surface area contributed by atoms with Gasteiger partial charge in [-0.15, -0.1) is 0 Å². The Kier molecular flexibility index (Phi) is 4.78. The zero-order valence-electron chi connectivity index (χ0n) is 11.3. The molecule has 1 atom stereocenters. The van der Waals surface area contributed by atoms with E-state index in [-0.39, 0.29) is 12.0 Å². The summed E-state index contributed by atoms with van der Waals surface area (Å²) in [6, 6.07) is 4.49. The van der Waals surface area contributed by atoms with Gasteiger partial charge >= 0.3 is 5.97 Å². The van der Waals surface area contributed by atoms with Crippen LogP contribution >= 0.6 is 0 Å². The number of ketones is 1. The van der Waals surface area contributed by atoms with E-state index in [2.05, 4.69) is 0 Å². The molecule has 0 aliphatic rings. The predicted molar refractivity (Wildman–Crippen MR) is 69.2 cm³/mol. The zero-order chi connectivity index (χ0) is 14.6. The fraction of sp³-hybridized carbons (Fsp3) is 0.429. The van der Waals surface area contributed by atoms with Gasteiger partial charge in [-0.05, 0) is 32.9 Å². The van der Waals surface area contributed by atoms with Gasteiger partial charge in [0.15, 0.2) is 5.78 Å². The van der Waals surface area contributed by atoms with Gasteiger partial charge in [0.2, 0.25) is 0 Å². The van der Waals surface area contributed by atoms with Gasteiger partial charge in [0.05, 0.1) is 5.56 Å². The molecule has 104 valence electrons. The number of rotatable bonds is 4. The van der Waals surface area contributed by atoms with Crippen LogP contribution in [-0.4, -0.2) is 23.4 Å². The largest absolute Gasteiger partial charge is 0.459 e. The van der Waals surface area contributed by atoms with E-state index in [9.17, 15) is 14.0 Å². The lowest BCUT2D eigenvalue weighted by molar-refractivity contribution is -0.156. The molecule has 0 aliphatic heterocycles. The Balaban J connectivity index is 2.67. The first kappa shape index (κ1) is 15.3. The van der Waals surface area contributed by atoms with Crippen molar-refractivity contribution in [2.24, 2.45) is 5.73 Å². The van der Waals surface area contributed by atoms with Crippen molar-refractivity contribution in [1.82, 2.24) is 0 Å². The van der Waals surface area contributed by atoms with Crippen molar-refractivity contribution in [2.75, 3.05) is 0 Å². The van der Waals surface area contributed by atoms with Crippen molar-refractivity contribution in [3.8, 4) is 0 Å². The van der Waals surface area contributed by atoms with Crippen molar-refractivity contribution in [3.05, 3.63) is 35.6 Å². The maximum absolute atomic E-state index is 13.4. The van der Waals surface area contributed by atoms with Crippen molar-refractivity contribution in [3.63, 3.8) is 0 Å². The number of benzene rings is 1. The molecule has 5 heteroatoms. The Bertz CT molecular complexity index is 480. The highest BCUT2D eigenvalue weighted by Crippen LogP contribution is 2.13. The Morgan fingerprint density at radius 3 is 2.42 bits per heavy atom. The molecular formula is C14H18FNO3. The van der Waals surface area contributed by atoms with Crippen LogP contribution in [0.3, 0.4) is 0 Å². The molecule has 1 aromatic carbocycles. The minimum atomic E-state index is -1.09. The van der Waals surface area contributed by atoms with Crippen LogP contribution in [0.25, 0.3) is 0 Å². The summed E-state index contributed by atoms with van der Waals surface area (Å²) in [4.78, 5) is 23.4. The number of hydrogen-bond acceptors (Lipinski definition) is 4. The molecule has 0 radical (unpaired) electrons. The fourth-order valence-electron chi connectivity index (χ4n) is 1.46. The minimum absolute atomic E-state index is 0.0680. The van der Waals surface area contributed by atoms with Crippen LogP contribution in [0.15, 0.2) is 24.3 Å². The van der Waals surface area contributed by atoms with E-state index in [0.717, 1.165) is 0 Å². The molecular weight excluding hydrogens is 249 g/mol.